The summed E-state index contributed by atoms with van der Waals surface area (Å²) in [4.78, 5) is 0. The van der Waals surface area contributed by atoms with Gasteiger partial charge in [-0.25, -0.2) is 0 Å². The highest BCUT2D eigenvalue weighted by atomic mass is 35.5. The zero-order chi connectivity index (χ0) is 12.3. The minimum absolute atomic E-state index is 0.388. The Bertz CT molecular complexity index is 488. The third-order valence-electron chi connectivity index (χ3n) is 2.32. The summed E-state index contributed by atoms with van der Waals surface area (Å²) in [6.07, 6.45) is 0. The van der Waals surface area contributed by atoms with Gasteiger partial charge in [-0.1, -0.05) is 65.1 Å². The van der Waals surface area contributed by atoms with Crippen molar-refractivity contribution in [3.05, 3.63) is 63.1 Å². The Labute approximate surface area is 115 Å². The zero-order valence-corrected chi connectivity index (χ0v) is 11.2. The molecule has 0 atom stereocenters. The lowest BCUT2D eigenvalue weighted by Crippen LogP contribution is -1.99. The summed E-state index contributed by atoms with van der Waals surface area (Å²) in [6, 6.07) is 13.6. The number of rotatable bonds is 3. The predicted octanol–water partition coefficient (Wildman–Crippen LogP) is 5.26. The largest absolute Gasteiger partial charge is 0.381 e. The molecular formula is C13H10Cl3N. The number of nitrogens with one attached hydrogen (secondary N) is 1. The van der Waals surface area contributed by atoms with E-state index in [4.69, 9.17) is 34.8 Å². The third kappa shape index (κ3) is 3.29. The van der Waals surface area contributed by atoms with Gasteiger partial charge in [0.15, 0.2) is 0 Å². The molecule has 0 heterocycles. The maximum atomic E-state index is 5.94. The molecular weight excluding hydrogens is 277 g/mol. The Morgan fingerprint density at radius 2 is 1.47 bits per heavy atom. The fourth-order valence-corrected chi connectivity index (χ4v) is 2.05. The van der Waals surface area contributed by atoms with Crippen LogP contribution < -0.4 is 5.32 Å². The summed E-state index contributed by atoms with van der Waals surface area (Å²) in [5.41, 5.74) is 2.04. The second-order valence-corrected chi connectivity index (χ2v) is 4.79. The van der Waals surface area contributed by atoms with Gasteiger partial charge in [0, 0.05) is 12.2 Å². The van der Waals surface area contributed by atoms with E-state index in [1.165, 1.54) is 5.56 Å². The van der Waals surface area contributed by atoms with Crippen molar-refractivity contribution < 1.29 is 0 Å². The van der Waals surface area contributed by atoms with Crippen LogP contribution >= 0.6 is 34.8 Å². The molecule has 4 heteroatoms. The van der Waals surface area contributed by atoms with Gasteiger partial charge >= 0.3 is 0 Å². The van der Waals surface area contributed by atoms with E-state index in [0.717, 1.165) is 12.2 Å². The average molecular weight is 287 g/mol. The van der Waals surface area contributed by atoms with E-state index in [-0.39, 0.29) is 0 Å². The van der Waals surface area contributed by atoms with Crippen molar-refractivity contribution in [3.63, 3.8) is 0 Å². The summed E-state index contributed by atoms with van der Waals surface area (Å²) in [7, 11) is 0. The van der Waals surface area contributed by atoms with Crippen molar-refractivity contribution in [1.29, 1.82) is 0 Å². The van der Waals surface area contributed by atoms with Crippen LogP contribution in [0.5, 0.6) is 0 Å². The molecule has 0 bridgehead atoms. The first-order valence-electron chi connectivity index (χ1n) is 5.09. The maximum absolute atomic E-state index is 5.94. The Morgan fingerprint density at radius 1 is 0.882 bits per heavy atom. The fraction of sp³-hybridized carbons (Fsp3) is 0.0769. The molecule has 0 saturated heterocycles. The van der Waals surface area contributed by atoms with Gasteiger partial charge in [-0.15, -0.1) is 0 Å². The molecule has 2 aromatic carbocycles. The number of hydrogen-bond acceptors (Lipinski definition) is 1. The van der Waals surface area contributed by atoms with E-state index in [1.807, 2.05) is 30.3 Å². The molecule has 0 unspecified atom stereocenters. The van der Waals surface area contributed by atoms with Gasteiger partial charge in [-0.3, -0.25) is 0 Å². The molecule has 0 aliphatic rings. The van der Waals surface area contributed by atoms with Gasteiger partial charge in [-0.2, -0.15) is 0 Å². The first-order chi connectivity index (χ1) is 8.16. The SMILES string of the molecule is Clc1cc(NCc2ccccc2)cc(Cl)c1Cl. The van der Waals surface area contributed by atoms with Gasteiger partial charge in [0.05, 0.1) is 15.1 Å². The van der Waals surface area contributed by atoms with Crippen LogP contribution in [0.2, 0.25) is 15.1 Å². The summed E-state index contributed by atoms with van der Waals surface area (Å²) >= 11 is 17.8. The average Bonchev–Trinajstić information content (AvgIpc) is 2.34. The Kier molecular flexibility index (Phi) is 4.16. The highest BCUT2D eigenvalue weighted by Crippen LogP contribution is 2.33. The minimum Gasteiger partial charge on any atom is -0.381 e. The van der Waals surface area contributed by atoms with Gasteiger partial charge in [0.2, 0.25) is 0 Å². The van der Waals surface area contributed by atoms with Crippen LogP contribution in [0, 0.1) is 0 Å². The summed E-state index contributed by atoms with van der Waals surface area (Å²) < 4.78 is 0. The predicted molar refractivity (Wildman–Crippen MR) is 75.2 cm³/mol. The zero-order valence-electron chi connectivity index (χ0n) is 8.88. The van der Waals surface area contributed by atoms with Crippen LogP contribution in [0.1, 0.15) is 5.56 Å². The maximum Gasteiger partial charge on any atom is 0.0780 e. The summed E-state index contributed by atoms with van der Waals surface area (Å²) in [6.45, 7) is 0.717. The van der Waals surface area contributed by atoms with E-state index >= 15 is 0 Å². The lowest BCUT2D eigenvalue weighted by atomic mass is 10.2. The first-order valence-corrected chi connectivity index (χ1v) is 6.22. The van der Waals surface area contributed by atoms with Crippen LogP contribution in [0.15, 0.2) is 42.5 Å². The molecule has 0 aromatic heterocycles. The van der Waals surface area contributed by atoms with E-state index in [9.17, 15) is 0 Å². The molecule has 0 fully saturated rings. The van der Waals surface area contributed by atoms with Crippen LogP contribution in [0.25, 0.3) is 0 Å². The topological polar surface area (TPSA) is 12.0 Å². The van der Waals surface area contributed by atoms with Crippen molar-refractivity contribution in [2.45, 2.75) is 6.54 Å². The lowest BCUT2D eigenvalue weighted by Gasteiger charge is -2.08. The molecule has 0 aliphatic heterocycles. The van der Waals surface area contributed by atoms with Crippen molar-refractivity contribution >= 4 is 40.5 Å². The third-order valence-corrected chi connectivity index (χ3v) is 3.52. The number of halogens is 3. The van der Waals surface area contributed by atoms with Gasteiger partial charge in [0.25, 0.3) is 0 Å². The minimum atomic E-state index is 0.388. The highest BCUT2D eigenvalue weighted by molar-refractivity contribution is 6.48. The molecule has 0 radical (unpaired) electrons. The molecule has 0 aliphatic carbocycles. The van der Waals surface area contributed by atoms with Gasteiger partial charge in [0.1, 0.15) is 0 Å². The molecule has 1 N–H and O–H groups in total. The smallest absolute Gasteiger partial charge is 0.0780 e. The van der Waals surface area contributed by atoms with E-state index in [1.54, 1.807) is 12.1 Å². The van der Waals surface area contributed by atoms with Crippen molar-refractivity contribution in [2.75, 3.05) is 5.32 Å². The molecule has 17 heavy (non-hydrogen) atoms. The van der Waals surface area contributed by atoms with Crippen LogP contribution in [0.4, 0.5) is 5.69 Å². The number of hydrogen-bond donors (Lipinski definition) is 1. The van der Waals surface area contributed by atoms with Crippen LogP contribution in [-0.4, -0.2) is 0 Å². The second kappa shape index (κ2) is 5.63. The Balaban J connectivity index is 2.10. The standard InChI is InChI=1S/C13H10Cl3N/c14-11-6-10(7-12(15)13(11)16)17-8-9-4-2-1-3-5-9/h1-7,17H,8H2. The van der Waals surface area contributed by atoms with Gasteiger partial charge in [-0.05, 0) is 17.7 Å². The number of anilines is 1. The van der Waals surface area contributed by atoms with Crippen LogP contribution in [-0.2, 0) is 6.54 Å². The Morgan fingerprint density at radius 3 is 2.06 bits per heavy atom. The second-order valence-electron chi connectivity index (χ2n) is 3.59. The molecule has 2 aromatic rings. The molecule has 0 saturated carbocycles. The van der Waals surface area contributed by atoms with Crippen molar-refractivity contribution in [1.82, 2.24) is 0 Å². The highest BCUT2D eigenvalue weighted by Gasteiger charge is 2.05. The van der Waals surface area contributed by atoms with Gasteiger partial charge < -0.3 is 5.32 Å². The summed E-state index contributed by atoms with van der Waals surface area (Å²) in [5, 5.41) is 4.54. The number of benzene rings is 2. The molecule has 88 valence electrons. The normalized spacial score (nSPS) is 10.3. The lowest BCUT2D eigenvalue weighted by molar-refractivity contribution is 1.15. The molecule has 2 rings (SSSR count). The van der Waals surface area contributed by atoms with E-state index in [2.05, 4.69) is 5.32 Å². The van der Waals surface area contributed by atoms with E-state index in [0.29, 0.717) is 15.1 Å². The Hall–Kier alpha value is -0.890. The fourth-order valence-electron chi connectivity index (χ4n) is 1.46. The molecule has 1 nitrogen and oxygen atoms in total. The monoisotopic (exact) mass is 285 g/mol. The summed E-state index contributed by atoms with van der Waals surface area (Å²) in [5.74, 6) is 0. The molecule has 0 spiro atoms. The van der Waals surface area contributed by atoms with E-state index < -0.39 is 0 Å². The first kappa shape index (κ1) is 12.6. The van der Waals surface area contributed by atoms with Crippen molar-refractivity contribution in [3.8, 4) is 0 Å². The van der Waals surface area contributed by atoms with Crippen molar-refractivity contribution in [2.24, 2.45) is 0 Å². The van der Waals surface area contributed by atoms with Crippen LogP contribution in [0.3, 0.4) is 0 Å². The molecule has 0 amide bonds. The quantitative estimate of drug-likeness (QED) is 0.759.